The van der Waals surface area contributed by atoms with Crippen molar-refractivity contribution in [3.05, 3.63) is 35.9 Å². The molecule has 1 heterocycles. The molecule has 1 aromatic carbocycles. The average molecular weight is 381 g/mol. The SMILES string of the molecule is CCC(OC1CCCCC1)C(=O)N1C[C@@H](CN)[C@H](c2ccccc2)C1.Cl. The van der Waals surface area contributed by atoms with Gasteiger partial charge in [-0.15, -0.1) is 12.4 Å². The molecule has 2 N–H and O–H groups in total. The Morgan fingerprint density at radius 1 is 1.19 bits per heavy atom. The van der Waals surface area contributed by atoms with Crippen molar-refractivity contribution >= 4 is 18.3 Å². The molecule has 0 spiro atoms. The van der Waals surface area contributed by atoms with Gasteiger partial charge >= 0.3 is 0 Å². The zero-order valence-corrected chi connectivity index (χ0v) is 16.6. The molecular weight excluding hydrogens is 348 g/mol. The third kappa shape index (κ3) is 4.99. The maximum atomic E-state index is 13.0. The van der Waals surface area contributed by atoms with Gasteiger partial charge in [0.1, 0.15) is 6.10 Å². The smallest absolute Gasteiger partial charge is 0.251 e. The molecule has 0 bridgehead atoms. The second-order valence-electron chi connectivity index (χ2n) is 7.55. The summed E-state index contributed by atoms with van der Waals surface area (Å²) in [4.78, 5) is 15.0. The molecule has 5 heteroatoms. The molecular formula is C21H33ClN2O2. The van der Waals surface area contributed by atoms with Gasteiger partial charge in [-0.1, -0.05) is 56.5 Å². The van der Waals surface area contributed by atoms with E-state index in [4.69, 9.17) is 10.5 Å². The van der Waals surface area contributed by atoms with Crippen LogP contribution in [0, 0.1) is 5.92 Å². The first-order valence-electron chi connectivity index (χ1n) is 9.92. The van der Waals surface area contributed by atoms with Gasteiger partial charge in [-0.3, -0.25) is 4.79 Å². The van der Waals surface area contributed by atoms with Crippen molar-refractivity contribution in [1.82, 2.24) is 4.90 Å². The number of rotatable bonds is 6. The highest BCUT2D eigenvalue weighted by Crippen LogP contribution is 2.33. The van der Waals surface area contributed by atoms with Gasteiger partial charge in [-0.2, -0.15) is 0 Å². The molecule has 2 aliphatic rings. The second kappa shape index (κ2) is 10.3. The number of carbonyl (C=O) groups excluding carboxylic acids is 1. The van der Waals surface area contributed by atoms with Gasteiger partial charge in [-0.05, 0) is 37.3 Å². The van der Waals surface area contributed by atoms with E-state index in [2.05, 4.69) is 31.2 Å². The van der Waals surface area contributed by atoms with Crippen LogP contribution in [0.5, 0.6) is 0 Å². The summed E-state index contributed by atoms with van der Waals surface area (Å²) >= 11 is 0. The molecule has 0 radical (unpaired) electrons. The van der Waals surface area contributed by atoms with Gasteiger partial charge < -0.3 is 15.4 Å². The van der Waals surface area contributed by atoms with Crippen molar-refractivity contribution in [3.63, 3.8) is 0 Å². The summed E-state index contributed by atoms with van der Waals surface area (Å²) in [6, 6.07) is 10.5. The number of halogens is 1. The van der Waals surface area contributed by atoms with E-state index in [1.807, 2.05) is 11.0 Å². The summed E-state index contributed by atoms with van der Waals surface area (Å²) in [5, 5.41) is 0. The Labute approximate surface area is 163 Å². The van der Waals surface area contributed by atoms with Crippen molar-refractivity contribution in [1.29, 1.82) is 0 Å². The van der Waals surface area contributed by atoms with Gasteiger partial charge in [0.25, 0.3) is 5.91 Å². The molecule has 1 aliphatic carbocycles. The van der Waals surface area contributed by atoms with Crippen LogP contribution < -0.4 is 5.73 Å². The van der Waals surface area contributed by atoms with E-state index in [0.717, 1.165) is 32.4 Å². The molecule has 26 heavy (non-hydrogen) atoms. The van der Waals surface area contributed by atoms with Crippen LogP contribution in [-0.4, -0.2) is 42.6 Å². The van der Waals surface area contributed by atoms with Crippen molar-refractivity contribution in [2.45, 2.75) is 63.6 Å². The molecule has 2 fully saturated rings. The van der Waals surface area contributed by atoms with Crippen LogP contribution in [0.15, 0.2) is 30.3 Å². The monoisotopic (exact) mass is 380 g/mol. The number of nitrogens with two attached hydrogens (primary N) is 1. The predicted octanol–water partition coefficient (Wildman–Crippen LogP) is 3.74. The molecule has 1 amide bonds. The van der Waals surface area contributed by atoms with Crippen LogP contribution in [-0.2, 0) is 9.53 Å². The quantitative estimate of drug-likeness (QED) is 0.817. The predicted molar refractivity (Wildman–Crippen MR) is 108 cm³/mol. The fraction of sp³-hybridized carbons (Fsp3) is 0.667. The number of benzene rings is 1. The Kier molecular flexibility index (Phi) is 8.39. The van der Waals surface area contributed by atoms with E-state index in [0.29, 0.717) is 18.4 Å². The Balaban J connectivity index is 0.00000243. The van der Waals surface area contributed by atoms with Crippen LogP contribution in [0.1, 0.15) is 56.9 Å². The molecule has 1 aliphatic heterocycles. The topological polar surface area (TPSA) is 55.6 Å². The number of ether oxygens (including phenoxy) is 1. The third-order valence-electron chi connectivity index (χ3n) is 5.84. The molecule has 3 rings (SSSR count). The third-order valence-corrected chi connectivity index (χ3v) is 5.84. The molecule has 0 aromatic heterocycles. The Bertz CT molecular complexity index is 548. The highest BCUT2D eigenvalue weighted by Gasteiger charge is 2.38. The largest absolute Gasteiger partial charge is 0.365 e. The summed E-state index contributed by atoms with van der Waals surface area (Å²) in [5.74, 6) is 0.825. The first-order valence-corrected chi connectivity index (χ1v) is 9.92. The molecule has 146 valence electrons. The number of nitrogens with zero attached hydrogens (tertiary/aromatic N) is 1. The lowest BCUT2D eigenvalue weighted by Gasteiger charge is -2.29. The molecule has 1 aromatic rings. The van der Waals surface area contributed by atoms with E-state index in [-0.39, 0.29) is 30.5 Å². The summed E-state index contributed by atoms with van der Waals surface area (Å²) in [6.07, 6.45) is 6.66. The number of carbonyl (C=O) groups is 1. The van der Waals surface area contributed by atoms with Crippen molar-refractivity contribution < 1.29 is 9.53 Å². The van der Waals surface area contributed by atoms with Crippen LogP contribution in [0.3, 0.4) is 0 Å². The van der Waals surface area contributed by atoms with Gasteiger partial charge in [0.05, 0.1) is 6.10 Å². The van der Waals surface area contributed by atoms with E-state index < -0.39 is 0 Å². The lowest BCUT2D eigenvalue weighted by atomic mass is 9.89. The van der Waals surface area contributed by atoms with Crippen LogP contribution in [0.4, 0.5) is 0 Å². The van der Waals surface area contributed by atoms with E-state index >= 15 is 0 Å². The minimum Gasteiger partial charge on any atom is -0.365 e. The normalized spacial score (nSPS) is 24.9. The van der Waals surface area contributed by atoms with E-state index in [1.165, 1.54) is 24.8 Å². The Morgan fingerprint density at radius 3 is 2.50 bits per heavy atom. The van der Waals surface area contributed by atoms with Crippen molar-refractivity contribution in [2.75, 3.05) is 19.6 Å². The van der Waals surface area contributed by atoms with E-state index in [1.54, 1.807) is 0 Å². The molecule has 1 saturated carbocycles. The fourth-order valence-corrected chi connectivity index (χ4v) is 4.33. The lowest BCUT2D eigenvalue weighted by molar-refractivity contribution is -0.148. The maximum Gasteiger partial charge on any atom is 0.251 e. The zero-order chi connectivity index (χ0) is 17.6. The van der Waals surface area contributed by atoms with Crippen LogP contribution in [0.25, 0.3) is 0 Å². The summed E-state index contributed by atoms with van der Waals surface area (Å²) < 4.78 is 6.20. The minimum absolute atomic E-state index is 0. The Morgan fingerprint density at radius 2 is 1.88 bits per heavy atom. The number of likely N-dealkylation sites (tertiary alicyclic amines) is 1. The van der Waals surface area contributed by atoms with Gasteiger partial charge in [0.2, 0.25) is 0 Å². The first-order chi connectivity index (χ1) is 12.2. The minimum atomic E-state index is -0.295. The summed E-state index contributed by atoms with van der Waals surface area (Å²) in [7, 11) is 0. The highest BCUT2D eigenvalue weighted by atomic mass is 35.5. The van der Waals surface area contributed by atoms with Gasteiger partial charge in [0.15, 0.2) is 0 Å². The molecule has 1 unspecified atom stereocenters. The number of amides is 1. The lowest BCUT2D eigenvalue weighted by Crippen LogP contribution is -2.41. The van der Waals surface area contributed by atoms with Crippen molar-refractivity contribution in [3.8, 4) is 0 Å². The average Bonchev–Trinajstić information content (AvgIpc) is 3.11. The van der Waals surface area contributed by atoms with Gasteiger partial charge in [0, 0.05) is 19.0 Å². The summed E-state index contributed by atoms with van der Waals surface area (Å²) in [5.41, 5.74) is 7.30. The van der Waals surface area contributed by atoms with Crippen LogP contribution in [0.2, 0.25) is 0 Å². The fourth-order valence-electron chi connectivity index (χ4n) is 4.33. The maximum absolute atomic E-state index is 13.0. The standard InChI is InChI=1S/C21H32N2O2.ClH/c1-2-20(25-18-11-7-4-8-12-18)21(24)23-14-17(13-22)19(15-23)16-9-5-3-6-10-16;/h3,5-6,9-10,17-20H,2,4,7-8,11-15,22H2,1H3;1H/t17-,19+,20?;/m1./s1. The molecule has 4 nitrogen and oxygen atoms in total. The zero-order valence-electron chi connectivity index (χ0n) is 15.8. The molecule has 3 atom stereocenters. The highest BCUT2D eigenvalue weighted by molar-refractivity contribution is 5.85. The van der Waals surface area contributed by atoms with Crippen LogP contribution >= 0.6 is 12.4 Å². The first kappa shape index (κ1) is 21.2. The van der Waals surface area contributed by atoms with E-state index in [9.17, 15) is 4.79 Å². The number of hydrogen-bond acceptors (Lipinski definition) is 3. The summed E-state index contributed by atoms with van der Waals surface area (Å²) in [6.45, 7) is 4.18. The Hall–Kier alpha value is -1.10. The second-order valence-corrected chi connectivity index (χ2v) is 7.55. The van der Waals surface area contributed by atoms with Crippen molar-refractivity contribution in [2.24, 2.45) is 11.7 Å². The number of hydrogen-bond donors (Lipinski definition) is 1. The van der Waals surface area contributed by atoms with Gasteiger partial charge in [-0.25, -0.2) is 0 Å². The molecule has 1 saturated heterocycles.